The van der Waals surface area contributed by atoms with Gasteiger partial charge < -0.3 is 10.1 Å². The fourth-order valence-electron chi connectivity index (χ4n) is 2.66. The van der Waals surface area contributed by atoms with Crippen LogP contribution in [0.5, 0.6) is 5.75 Å². The quantitative estimate of drug-likeness (QED) is 0.591. The molecule has 3 aromatic carbocycles. The minimum atomic E-state index is -3.95. The summed E-state index contributed by atoms with van der Waals surface area (Å²) in [5.41, 5.74) is 1.32. The molecule has 0 fully saturated rings. The third kappa shape index (κ3) is 5.07. The van der Waals surface area contributed by atoms with Crippen molar-refractivity contribution in [2.75, 3.05) is 11.8 Å². The van der Waals surface area contributed by atoms with Crippen LogP contribution in [0, 0.1) is 0 Å². The Morgan fingerprint density at radius 1 is 1.00 bits per heavy atom. The summed E-state index contributed by atoms with van der Waals surface area (Å²) in [6.45, 7) is 0.328. The maximum atomic E-state index is 12.8. The molecule has 2 N–H and O–H groups in total. The minimum absolute atomic E-state index is 0.0391. The number of para-hydroxylation sites is 1. The van der Waals surface area contributed by atoms with Crippen LogP contribution in [0.1, 0.15) is 15.9 Å². The molecule has 0 saturated carbocycles. The van der Waals surface area contributed by atoms with Gasteiger partial charge in [0.2, 0.25) is 0 Å². The number of amides is 1. The van der Waals surface area contributed by atoms with E-state index < -0.39 is 10.0 Å². The van der Waals surface area contributed by atoms with E-state index in [1.54, 1.807) is 18.2 Å². The molecule has 0 atom stereocenters. The van der Waals surface area contributed by atoms with Crippen LogP contribution >= 0.6 is 11.6 Å². The van der Waals surface area contributed by atoms with Crippen LogP contribution in [-0.2, 0) is 16.6 Å². The molecule has 150 valence electrons. The summed E-state index contributed by atoms with van der Waals surface area (Å²) in [4.78, 5) is 12.6. The molecule has 0 bridgehead atoms. The van der Waals surface area contributed by atoms with E-state index in [1.807, 2.05) is 30.3 Å². The molecule has 0 aliphatic rings. The molecule has 1 amide bonds. The second-order valence-corrected chi connectivity index (χ2v) is 8.21. The van der Waals surface area contributed by atoms with Crippen molar-refractivity contribution in [1.82, 2.24) is 5.32 Å². The highest BCUT2D eigenvalue weighted by molar-refractivity contribution is 7.92. The van der Waals surface area contributed by atoms with E-state index >= 15 is 0 Å². The van der Waals surface area contributed by atoms with Gasteiger partial charge in [0, 0.05) is 6.54 Å². The number of sulfonamides is 1. The van der Waals surface area contributed by atoms with Crippen molar-refractivity contribution in [3.8, 4) is 5.75 Å². The average Bonchev–Trinajstić information content (AvgIpc) is 2.73. The Hall–Kier alpha value is -3.03. The number of halogens is 1. The highest BCUT2D eigenvalue weighted by Gasteiger charge is 2.19. The molecule has 3 rings (SSSR count). The lowest BCUT2D eigenvalue weighted by Gasteiger charge is -2.13. The molecule has 0 aromatic heterocycles. The fraction of sp³-hybridized carbons (Fsp3) is 0.0952. The normalized spacial score (nSPS) is 11.0. The molecule has 0 aliphatic heterocycles. The smallest absolute Gasteiger partial charge is 0.261 e. The first kappa shape index (κ1) is 20.7. The van der Waals surface area contributed by atoms with E-state index in [2.05, 4.69) is 10.0 Å². The third-order valence-corrected chi connectivity index (χ3v) is 5.80. The molecule has 0 unspecified atom stereocenters. The minimum Gasteiger partial charge on any atom is -0.495 e. The van der Waals surface area contributed by atoms with Gasteiger partial charge in [-0.15, -0.1) is 0 Å². The second kappa shape index (κ2) is 8.98. The SMILES string of the molecule is COc1ccc(S(=O)(=O)Nc2ccccc2C(=O)NCc2ccccc2)cc1Cl. The summed E-state index contributed by atoms with van der Waals surface area (Å²) in [7, 11) is -2.51. The molecular weight excluding hydrogens is 412 g/mol. The van der Waals surface area contributed by atoms with Gasteiger partial charge >= 0.3 is 0 Å². The molecule has 0 heterocycles. The molecule has 8 heteroatoms. The topological polar surface area (TPSA) is 84.5 Å². The Bertz CT molecular complexity index is 1120. The van der Waals surface area contributed by atoms with E-state index in [0.29, 0.717) is 12.3 Å². The van der Waals surface area contributed by atoms with Gasteiger partial charge in [-0.2, -0.15) is 0 Å². The summed E-state index contributed by atoms with van der Waals surface area (Å²) >= 11 is 6.04. The van der Waals surface area contributed by atoms with Gasteiger partial charge in [-0.1, -0.05) is 54.1 Å². The molecular formula is C21H19ClN2O4S. The van der Waals surface area contributed by atoms with Crippen LogP contribution in [0.25, 0.3) is 0 Å². The first-order valence-electron chi connectivity index (χ1n) is 8.68. The number of methoxy groups -OCH3 is 1. The first-order valence-corrected chi connectivity index (χ1v) is 10.5. The number of ether oxygens (including phenoxy) is 1. The number of carbonyl (C=O) groups excluding carboxylic acids is 1. The van der Waals surface area contributed by atoms with Gasteiger partial charge in [-0.05, 0) is 35.9 Å². The van der Waals surface area contributed by atoms with E-state index in [-0.39, 0.29) is 27.1 Å². The maximum absolute atomic E-state index is 12.8. The summed E-state index contributed by atoms with van der Waals surface area (Å²) < 4.78 is 33.0. The van der Waals surface area contributed by atoms with Crippen molar-refractivity contribution < 1.29 is 17.9 Å². The largest absolute Gasteiger partial charge is 0.495 e. The average molecular weight is 431 g/mol. The van der Waals surface area contributed by atoms with Crippen molar-refractivity contribution in [2.24, 2.45) is 0 Å². The standard InChI is InChI=1S/C21H19ClN2O4S/c1-28-20-12-11-16(13-18(20)22)29(26,27)24-19-10-6-5-9-17(19)21(25)23-14-15-7-3-2-4-8-15/h2-13,24H,14H2,1H3,(H,23,25). The van der Waals surface area contributed by atoms with Gasteiger partial charge in [0.1, 0.15) is 5.75 Å². The van der Waals surface area contributed by atoms with Crippen LogP contribution in [-0.4, -0.2) is 21.4 Å². The predicted molar refractivity (Wildman–Crippen MR) is 113 cm³/mol. The fourth-order valence-corrected chi connectivity index (χ4v) is 4.09. The number of rotatable bonds is 7. The van der Waals surface area contributed by atoms with Crippen LogP contribution in [0.2, 0.25) is 5.02 Å². The number of carbonyl (C=O) groups is 1. The molecule has 0 saturated heterocycles. The van der Waals surface area contributed by atoms with Crippen LogP contribution in [0.4, 0.5) is 5.69 Å². The van der Waals surface area contributed by atoms with E-state index in [4.69, 9.17) is 16.3 Å². The van der Waals surface area contributed by atoms with Gasteiger partial charge in [0.25, 0.3) is 15.9 Å². The summed E-state index contributed by atoms with van der Waals surface area (Å²) in [6.07, 6.45) is 0. The van der Waals surface area contributed by atoms with E-state index in [0.717, 1.165) is 5.56 Å². The zero-order chi connectivity index (χ0) is 20.9. The van der Waals surface area contributed by atoms with Crippen LogP contribution in [0.15, 0.2) is 77.7 Å². The molecule has 0 aliphatic carbocycles. The van der Waals surface area contributed by atoms with Gasteiger partial charge in [-0.3, -0.25) is 9.52 Å². The van der Waals surface area contributed by atoms with Crippen molar-refractivity contribution in [3.63, 3.8) is 0 Å². The zero-order valence-electron chi connectivity index (χ0n) is 15.6. The van der Waals surface area contributed by atoms with Crippen molar-refractivity contribution in [2.45, 2.75) is 11.4 Å². The first-order chi connectivity index (χ1) is 13.9. The Balaban J connectivity index is 1.81. The second-order valence-electron chi connectivity index (χ2n) is 6.12. The highest BCUT2D eigenvalue weighted by Crippen LogP contribution is 2.28. The third-order valence-electron chi connectivity index (χ3n) is 4.15. The van der Waals surface area contributed by atoms with Crippen LogP contribution in [0.3, 0.4) is 0 Å². The van der Waals surface area contributed by atoms with Gasteiger partial charge in [0.15, 0.2) is 0 Å². The van der Waals surface area contributed by atoms with Crippen molar-refractivity contribution in [1.29, 1.82) is 0 Å². The molecule has 29 heavy (non-hydrogen) atoms. The Kier molecular flexibility index (Phi) is 6.41. The summed E-state index contributed by atoms with van der Waals surface area (Å²) in [6, 6.07) is 20.0. The number of hydrogen-bond donors (Lipinski definition) is 2. The van der Waals surface area contributed by atoms with E-state index in [1.165, 1.54) is 31.4 Å². The number of anilines is 1. The van der Waals surface area contributed by atoms with Gasteiger partial charge in [-0.25, -0.2) is 8.42 Å². The van der Waals surface area contributed by atoms with Crippen LogP contribution < -0.4 is 14.8 Å². The van der Waals surface area contributed by atoms with Gasteiger partial charge in [0.05, 0.1) is 28.3 Å². The monoisotopic (exact) mass is 430 g/mol. The molecule has 0 radical (unpaired) electrons. The summed E-state index contributed by atoms with van der Waals surface area (Å²) in [5, 5.41) is 2.96. The van der Waals surface area contributed by atoms with Crippen molar-refractivity contribution in [3.05, 3.63) is 88.9 Å². The molecule has 0 spiro atoms. The lowest BCUT2D eigenvalue weighted by atomic mass is 10.1. The number of nitrogens with one attached hydrogen (secondary N) is 2. The Morgan fingerprint density at radius 3 is 2.38 bits per heavy atom. The highest BCUT2D eigenvalue weighted by atomic mass is 35.5. The summed E-state index contributed by atoms with van der Waals surface area (Å²) in [5.74, 6) is -0.0220. The lowest BCUT2D eigenvalue weighted by Crippen LogP contribution is -2.25. The van der Waals surface area contributed by atoms with E-state index in [9.17, 15) is 13.2 Å². The Labute approximate surface area is 174 Å². The maximum Gasteiger partial charge on any atom is 0.261 e. The zero-order valence-corrected chi connectivity index (χ0v) is 17.1. The molecule has 3 aromatic rings. The number of hydrogen-bond acceptors (Lipinski definition) is 4. The Morgan fingerprint density at radius 2 is 1.69 bits per heavy atom. The number of benzene rings is 3. The van der Waals surface area contributed by atoms with Crippen molar-refractivity contribution >= 4 is 33.2 Å². The lowest BCUT2D eigenvalue weighted by molar-refractivity contribution is 0.0952. The molecule has 6 nitrogen and oxygen atoms in total. The predicted octanol–water partition coefficient (Wildman–Crippen LogP) is 4.08.